The summed E-state index contributed by atoms with van der Waals surface area (Å²) in [6, 6.07) is 4.25. The molecule has 6 nitrogen and oxygen atoms in total. The van der Waals surface area contributed by atoms with Crippen LogP contribution in [0.2, 0.25) is 0 Å². The predicted octanol–water partition coefficient (Wildman–Crippen LogP) is 2.97. The molecule has 144 valence electrons. The van der Waals surface area contributed by atoms with E-state index in [0.717, 1.165) is 30.5 Å². The summed E-state index contributed by atoms with van der Waals surface area (Å²) in [7, 11) is 0. The molecule has 1 aliphatic rings. The smallest absolute Gasteiger partial charge is 0.434 e. The third-order valence-corrected chi connectivity index (χ3v) is 4.47. The van der Waals surface area contributed by atoms with Gasteiger partial charge in [-0.15, -0.1) is 0 Å². The van der Waals surface area contributed by atoms with E-state index in [0.29, 0.717) is 4.68 Å². The molecule has 1 fully saturated rings. The topological polar surface area (TPSA) is 75.4 Å². The highest BCUT2D eigenvalue weighted by Gasteiger charge is 2.42. The summed E-state index contributed by atoms with van der Waals surface area (Å²) in [4.78, 5) is 24.8. The number of aliphatic carboxylic acids is 1. The van der Waals surface area contributed by atoms with Crippen LogP contribution in [0.3, 0.4) is 0 Å². The van der Waals surface area contributed by atoms with Crippen LogP contribution < -0.4 is 0 Å². The largest absolute Gasteiger partial charge is 0.481 e. The van der Waals surface area contributed by atoms with Crippen molar-refractivity contribution in [1.29, 1.82) is 0 Å². The average Bonchev–Trinajstić information content (AvgIpc) is 3.07. The molecule has 1 amide bonds. The highest BCUT2D eigenvalue weighted by atomic mass is 19.4. The summed E-state index contributed by atoms with van der Waals surface area (Å²) in [6.07, 6.45) is -3.68. The molecule has 1 aromatic heterocycles. The lowest BCUT2D eigenvalue weighted by Crippen LogP contribution is -2.40. The van der Waals surface area contributed by atoms with Gasteiger partial charge in [0.05, 0.1) is 23.4 Å². The molecule has 1 aromatic carbocycles. The summed E-state index contributed by atoms with van der Waals surface area (Å²) < 4.78 is 54.5. The zero-order valence-electron chi connectivity index (χ0n) is 13.9. The number of carbonyl (C=O) groups is 2. The van der Waals surface area contributed by atoms with E-state index in [4.69, 9.17) is 5.11 Å². The van der Waals surface area contributed by atoms with Crippen molar-refractivity contribution < 1.29 is 32.3 Å². The monoisotopic (exact) mass is 385 g/mol. The number of benzene rings is 1. The maximum atomic E-state index is 13.6. The average molecular weight is 385 g/mol. The van der Waals surface area contributed by atoms with Crippen molar-refractivity contribution in [3.63, 3.8) is 0 Å². The minimum absolute atomic E-state index is 0.0349. The maximum Gasteiger partial charge on any atom is 0.434 e. The van der Waals surface area contributed by atoms with Gasteiger partial charge in [0.15, 0.2) is 5.69 Å². The molecule has 3 rings (SSSR count). The quantitative estimate of drug-likeness (QED) is 0.825. The third kappa shape index (κ3) is 3.79. The molecule has 10 heteroatoms. The van der Waals surface area contributed by atoms with Gasteiger partial charge in [0, 0.05) is 13.1 Å². The first-order chi connectivity index (χ1) is 12.7. The van der Waals surface area contributed by atoms with Gasteiger partial charge in [-0.05, 0) is 37.1 Å². The van der Waals surface area contributed by atoms with E-state index >= 15 is 0 Å². The lowest BCUT2D eigenvalue weighted by atomic mass is 9.96. The lowest BCUT2D eigenvalue weighted by Gasteiger charge is -2.30. The Bertz CT molecular complexity index is 853. The van der Waals surface area contributed by atoms with E-state index < -0.39 is 41.0 Å². The Hall–Kier alpha value is -2.91. The van der Waals surface area contributed by atoms with Crippen molar-refractivity contribution in [3.05, 3.63) is 47.5 Å². The van der Waals surface area contributed by atoms with Crippen LogP contribution in [-0.4, -0.2) is 44.8 Å². The number of carbonyl (C=O) groups excluding carboxylic acids is 1. The SMILES string of the molecule is O=C(O)C1CCN(C(=O)c2cnn(-c3ccc(F)cc3)c2C(F)(F)F)CC1. The van der Waals surface area contributed by atoms with Gasteiger partial charge in [-0.3, -0.25) is 9.59 Å². The maximum absolute atomic E-state index is 13.6. The molecule has 0 aliphatic carbocycles. The zero-order chi connectivity index (χ0) is 19.8. The van der Waals surface area contributed by atoms with Crippen LogP contribution >= 0.6 is 0 Å². The molecule has 1 saturated heterocycles. The van der Waals surface area contributed by atoms with Crippen molar-refractivity contribution in [2.75, 3.05) is 13.1 Å². The number of likely N-dealkylation sites (tertiary alicyclic amines) is 1. The van der Waals surface area contributed by atoms with E-state index in [1.165, 1.54) is 4.90 Å². The number of nitrogens with zero attached hydrogens (tertiary/aromatic N) is 3. The Morgan fingerprint density at radius 2 is 1.70 bits per heavy atom. The second-order valence-corrected chi connectivity index (χ2v) is 6.20. The summed E-state index contributed by atoms with van der Waals surface area (Å²) in [5.41, 5.74) is -1.91. The van der Waals surface area contributed by atoms with Gasteiger partial charge in [-0.25, -0.2) is 9.07 Å². The van der Waals surface area contributed by atoms with Crippen molar-refractivity contribution in [1.82, 2.24) is 14.7 Å². The van der Waals surface area contributed by atoms with Crippen molar-refractivity contribution in [2.45, 2.75) is 19.0 Å². The van der Waals surface area contributed by atoms with Gasteiger partial charge < -0.3 is 10.0 Å². The molecule has 0 unspecified atom stereocenters. The van der Waals surface area contributed by atoms with Gasteiger partial charge in [0.2, 0.25) is 0 Å². The molecule has 0 bridgehead atoms. The molecule has 1 N–H and O–H groups in total. The summed E-state index contributed by atoms with van der Waals surface area (Å²) in [5, 5.41) is 12.7. The van der Waals surface area contributed by atoms with E-state index in [1.54, 1.807) is 0 Å². The molecule has 0 atom stereocenters. The Kier molecular flexibility index (Phi) is 4.90. The molecule has 1 aliphatic heterocycles. The summed E-state index contributed by atoms with van der Waals surface area (Å²) >= 11 is 0. The number of halogens is 4. The van der Waals surface area contributed by atoms with Crippen LogP contribution in [0.15, 0.2) is 30.5 Å². The number of aromatic nitrogens is 2. The minimum Gasteiger partial charge on any atom is -0.481 e. The Morgan fingerprint density at radius 1 is 1.11 bits per heavy atom. The first kappa shape index (κ1) is 18.9. The van der Waals surface area contributed by atoms with Crippen molar-refractivity contribution >= 4 is 11.9 Å². The Balaban J connectivity index is 1.93. The molecular weight excluding hydrogens is 370 g/mol. The fourth-order valence-electron chi connectivity index (χ4n) is 3.06. The number of alkyl halides is 3. The standard InChI is InChI=1S/C17H15F4N3O3/c18-11-1-3-12(4-2-11)24-14(17(19,20)21)13(9-22-24)15(25)23-7-5-10(6-8-23)16(26)27/h1-4,9-10H,5-8H2,(H,26,27). The zero-order valence-corrected chi connectivity index (χ0v) is 13.9. The second kappa shape index (κ2) is 7.01. The number of amides is 1. The number of piperidine rings is 1. The highest BCUT2D eigenvalue weighted by Crippen LogP contribution is 2.34. The van der Waals surface area contributed by atoms with Crippen LogP contribution in [0.5, 0.6) is 0 Å². The number of carboxylic acid groups (broad SMARTS) is 1. The van der Waals surface area contributed by atoms with Crippen LogP contribution in [-0.2, 0) is 11.0 Å². The number of hydrogen-bond donors (Lipinski definition) is 1. The van der Waals surface area contributed by atoms with Crippen LogP contribution in [0.1, 0.15) is 28.9 Å². The molecule has 0 radical (unpaired) electrons. The third-order valence-electron chi connectivity index (χ3n) is 4.47. The second-order valence-electron chi connectivity index (χ2n) is 6.20. The Morgan fingerprint density at radius 3 is 2.22 bits per heavy atom. The molecule has 2 heterocycles. The van der Waals surface area contributed by atoms with Gasteiger partial charge in [-0.2, -0.15) is 18.3 Å². The molecule has 2 aromatic rings. The van der Waals surface area contributed by atoms with E-state index in [1.807, 2.05) is 0 Å². The van der Waals surface area contributed by atoms with Gasteiger partial charge >= 0.3 is 12.1 Å². The van der Waals surface area contributed by atoms with Crippen LogP contribution in [0.4, 0.5) is 17.6 Å². The van der Waals surface area contributed by atoms with E-state index in [-0.39, 0.29) is 31.6 Å². The first-order valence-electron chi connectivity index (χ1n) is 8.11. The molecular formula is C17H15F4N3O3. The van der Waals surface area contributed by atoms with Crippen LogP contribution in [0, 0.1) is 11.7 Å². The Labute approximate surface area is 151 Å². The summed E-state index contributed by atoms with van der Waals surface area (Å²) in [6.45, 7) is 0.101. The van der Waals surface area contributed by atoms with Crippen LogP contribution in [0.25, 0.3) is 5.69 Å². The fraction of sp³-hybridized carbons (Fsp3) is 0.353. The predicted molar refractivity (Wildman–Crippen MR) is 84.8 cm³/mol. The first-order valence-corrected chi connectivity index (χ1v) is 8.11. The lowest BCUT2D eigenvalue weighted by molar-refractivity contribution is -0.143. The number of rotatable bonds is 3. The van der Waals surface area contributed by atoms with Gasteiger partial charge in [-0.1, -0.05) is 0 Å². The number of hydrogen-bond acceptors (Lipinski definition) is 3. The normalized spacial score (nSPS) is 15.8. The molecule has 0 saturated carbocycles. The van der Waals surface area contributed by atoms with Crippen molar-refractivity contribution in [2.24, 2.45) is 5.92 Å². The number of carboxylic acids is 1. The highest BCUT2D eigenvalue weighted by molar-refractivity contribution is 5.95. The van der Waals surface area contributed by atoms with Gasteiger partial charge in [0.1, 0.15) is 5.82 Å². The van der Waals surface area contributed by atoms with E-state index in [9.17, 15) is 27.2 Å². The molecule has 27 heavy (non-hydrogen) atoms. The van der Waals surface area contributed by atoms with E-state index in [2.05, 4.69) is 5.10 Å². The van der Waals surface area contributed by atoms with Crippen molar-refractivity contribution in [3.8, 4) is 5.69 Å². The van der Waals surface area contributed by atoms with Gasteiger partial charge in [0.25, 0.3) is 5.91 Å². The summed E-state index contributed by atoms with van der Waals surface area (Å²) in [5.74, 6) is -3.07. The fourth-order valence-corrected chi connectivity index (χ4v) is 3.06. The minimum atomic E-state index is -4.87. The molecule has 0 spiro atoms.